The molecule has 0 saturated carbocycles. The van der Waals surface area contributed by atoms with E-state index in [1.807, 2.05) is 100 Å². The average molecular weight is 1280 g/mol. The molecule has 94 heavy (non-hydrogen) atoms. The van der Waals surface area contributed by atoms with E-state index in [4.69, 9.17) is 28.4 Å². The fourth-order valence-corrected chi connectivity index (χ4v) is 8.81. The van der Waals surface area contributed by atoms with Crippen LogP contribution < -0.4 is 28.4 Å². The van der Waals surface area contributed by atoms with Gasteiger partial charge >= 0.3 is 0 Å². The van der Waals surface area contributed by atoms with Crippen LogP contribution in [0, 0.1) is 0 Å². The Kier molecular flexibility index (Phi) is 47.4. The molecule has 0 aliphatic rings. The van der Waals surface area contributed by atoms with E-state index in [1.54, 1.807) is 71.1 Å². The van der Waals surface area contributed by atoms with Gasteiger partial charge in [-0.3, -0.25) is 0 Å². The Balaban J connectivity index is 0. The zero-order valence-electron chi connectivity index (χ0n) is 61.3. The molecule has 0 bridgehead atoms. The van der Waals surface area contributed by atoms with Crippen molar-refractivity contribution in [3.8, 4) is 34.5 Å². The third-order valence-corrected chi connectivity index (χ3v) is 14.2. The molecule has 0 aliphatic heterocycles. The SMILES string of the molecule is C.CC.CC.CCC.CCC.COC.COC.COc1ccc(C(C)(C)c2ccc(OC)cc2)cc1.COc1ccc(C(C)(C)c2ccc(OC)cc2)cc1.COc1ccc(C(C)(C)c2ccc(OC)cc2)cc1.c1ccc2ccccc2c1.c1ccc2ccccc2c1. The number of rotatable bonds is 12. The van der Waals surface area contributed by atoms with E-state index in [-0.39, 0.29) is 23.7 Å². The molecule has 0 aliphatic carbocycles. The molecule has 0 saturated heterocycles. The maximum atomic E-state index is 5.20. The summed E-state index contributed by atoms with van der Waals surface area (Å²) in [7, 11) is 16.6. The van der Waals surface area contributed by atoms with Crippen LogP contribution in [0.2, 0.25) is 0 Å². The van der Waals surface area contributed by atoms with Gasteiger partial charge in [-0.2, -0.15) is 0 Å². The van der Waals surface area contributed by atoms with E-state index in [9.17, 15) is 0 Å². The van der Waals surface area contributed by atoms with E-state index >= 15 is 0 Å². The first kappa shape index (κ1) is 87.5. The number of benzene rings is 10. The first-order chi connectivity index (χ1) is 44.8. The van der Waals surface area contributed by atoms with E-state index < -0.39 is 0 Å². The molecule has 0 fully saturated rings. The van der Waals surface area contributed by atoms with Gasteiger partial charge in [0.1, 0.15) is 34.5 Å². The number of methoxy groups -OCH3 is 8. The first-order valence-electron chi connectivity index (χ1n) is 32.4. The summed E-state index contributed by atoms with van der Waals surface area (Å²) >= 11 is 0. The number of ether oxygens (including phenoxy) is 8. The lowest BCUT2D eigenvalue weighted by Gasteiger charge is -2.26. The molecular formula is C86H120O8. The molecule has 512 valence electrons. The molecule has 8 nitrogen and oxygen atoms in total. The highest BCUT2D eigenvalue weighted by molar-refractivity contribution is 5.82. The summed E-state index contributed by atoms with van der Waals surface area (Å²) in [4.78, 5) is 0. The van der Waals surface area contributed by atoms with Crippen LogP contribution in [0.1, 0.15) is 151 Å². The van der Waals surface area contributed by atoms with Crippen LogP contribution in [-0.4, -0.2) is 71.1 Å². The summed E-state index contributed by atoms with van der Waals surface area (Å²) in [6.07, 6.45) is 2.50. The van der Waals surface area contributed by atoms with Gasteiger partial charge in [-0.1, -0.05) is 287 Å². The second kappa shape index (κ2) is 50.9. The summed E-state index contributed by atoms with van der Waals surface area (Å²) in [5.74, 6) is 5.30. The molecule has 0 heterocycles. The molecule has 0 amide bonds. The molecule has 0 spiro atoms. The van der Waals surface area contributed by atoms with Crippen LogP contribution in [0.25, 0.3) is 21.5 Å². The third kappa shape index (κ3) is 30.9. The summed E-state index contributed by atoms with van der Waals surface area (Å²) in [6.45, 7) is 29.8. The van der Waals surface area contributed by atoms with Gasteiger partial charge in [0.25, 0.3) is 0 Å². The van der Waals surface area contributed by atoms with Crippen molar-refractivity contribution >= 4 is 21.5 Å². The molecule has 0 unspecified atom stereocenters. The highest BCUT2D eigenvalue weighted by atomic mass is 16.5. The van der Waals surface area contributed by atoms with Crippen molar-refractivity contribution in [2.45, 2.75) is 133 Å². The monoisotopic (exact) mass is 1280 g/mol. The standard InChI is InChI=1S/3C17H20O2.2C10H8.2C3H8.2C2H6O.2C2H6.CH4/c3*1-17(2,13-5-9-15(18-3)10-6-13)14-7-11-16(19-4)12-8-14;2*1-2-6-10-8-4-3-7-9(10)5-1;4*1-3-2;2*1-2;/h3*5-12H,1-4H3;2*1-8H;2*3H2,1-2H3;2*1-2H3;2*1-2H3;1H4. The zero-order valence-corrected chi connectivity index (χ0v) is 61.3. The van der Waals surface area contributed by atoms with Crippen molar-refractivity contribution in [3.63, 3.8) is 0 Å². The minimum absolute atomic E-state index is 0. The second-order valence-corrected chi connectivity index (χ2v) is 22.2. The number of hydrogen-bond donors (Lipinski definition) is 0. The largest absolute Gasteiger partial charge is 0.497 e. The molecule has 10 aromatic rings. The van der Waals surface area contributed by atoms with Crippen molar-refractivity contribution in [3.05, 3.63) is 276 Å². The summed E-state index contributed by atoms with van der Waals surface area (Å²) in [6, 6.07) is 82.8. The Morgan fingerprint density at radius 3 is 0.394 bits per heavy atom. The molecular weight excluding hydrogens is 1160 g/mol. The van der Waals surface area contributed by atoms with Crippen LogP contribution in [0.3, 0.4) is 0 Å². The van der Waals surface area contributed by atoms with E-state index in [2.05, 4.69) is 249 Å². The summed E-state index contributed by atoms with van der Waals surface area (Å²) in [5.41, 5.74) is 7.45. The molecule has 0 N–H and O–H groups in total. The van der Waals surface area contributed by atoms with Crippen molar-refractivity contribution in [1.29, 1.82) is 0 Å². The maximum Gasteiger partial charge on any atom is 0.118 e. The van der Waals surface area contributed by atoms with Crippen LogP contribution in [0.5, 0.6) is 34.5 Å². The van der Waals surface area contributed by atoms with Crippen LogP contribution in [-0.2, 0) is 25.7 Å². The predicted octanol–water partition coefficient (Wildman–Crippen LogP) is 23.8. The van der Waals surface area contributed by atoms with E-state index in [1.165, 1.54) is 67.8 Å². The normalized spacial score (nSPS) is 9.79. The summed E-state index contributed by atoms with van der Waals surface area (Å²) < 4.78 is 39.7. The smallest absolute Gasteiger partial charge is 0.118 e. The van der Waals surface area contributed by atoms with Gasteiger partial charge in [0.2, 0.25) is 0 Å². The average Bonchev–Trinajstić information content (AvgIpc) is 0.832. The molecule has 0 atom stereocenters. The predicted molar refractivity (Wildman–Crippen MR) is 409 cm³/mol. The van der Waals surface area contributed by atoms with Crippen molar-refractivity contribution in [1.82, 2.24) is 0 Å². The van der Waals surface area contributed by atoms with Crippen molar-refractivity contribution in [2.75, 3.05) is 71.1 Å². The van der Waals surface area contributed by atoms with Crippen molar-refractivity contribution in [2.24, 2.45) is 0 Å². The molecule has 10 aromatic carbocycles. The third-order valence-electron chi connectivity index (χ3n) is 14.2. The second-order valence-electron chi connectivity index (χ2n) is 22.2. The maximum absolute atomic E-state index is 5.20. The minimum Gasteiger partial charge on any atom is -0.497 e. The van der Waals surface area contributed by atoms with Crippen molar-refractivity contribution < 1.29 is 37.9 Å². The topological polar surface area (TPSA) is 73.8 Å². The quantitative estimate of drug-likeness (QED) is 0.120. The lowest BCUT2D eigenvalue weighted by Crippen LogP contribution is -2.18. The van der Waals surface area contributed by atoms with Gasteiger partial charge in [0, 0.05) is 44.7 Å². The fourth-order valence-electron chi connectivity index (χ4n) is 8.81. The Bertz CT molecular complexity index is 2770. The Morgan fingerprint density at radius 1 is 0.213 bits per heavy atom. The Morgan fingerprint density at radius 2 is 0.309 bits per heavy atom. The first-order valence-corrected chi connectivity index (χ1v) is 32.4. The summed E-state index contributed by atoms with van der Waals surface area (Å²) in [5, 5.41) is 5.24. The Hall–Kier alpha value is -8.56. The van der Waals surface area contributed by atoms with Crippen LogP contribution >= 0.6 is 0 Å². The van der Waals surface area contributed by atoms with Gasteiger partial charge in [-0.15, -0.1) is 0 Å². The minimum atomic E-state index is -0.0431. The molecule has 8 heteroatoms. The van der Waals surface area contributed by atoms with Crippen LogP contribution in [0.4, 0.5) is 0 Å². The van der Waals surface area contributed by atoms with Gasteiger partial charge in [0.15, 0.2) is 0 Å². The van der Waals surface area contributed by atoms with E-state index in [0.29, 0.717) is 0 Å². The highest BCUT2D eigenvalue weighted by Gasteiger charge is 2.25. The van der Waals surface area contributed by atoms with Gasteiger partial charge < -0.3 is 37.9 Å². The lowest BCUT2D eigenvalue weighted by molar-refractivity contribution is 0.277. The highest BCUT2D eigenvalue weighted by Crippen LogP contribution is 2.36. The van der Waals surface area contributed by atoms with E-state index in [0.717, 1.165) is 34.5 Å². The molecule has 0 aromatic heterocycles. The van der Waals surface area contributed by atoms with Gasteiger partial charge in [0.05, 0.1) is 42.7 Å². The van der Waals surface area contributed by atoms with Crippen LogP contribution in [0.15, 0.2) is 243 Å². The molecule has 10 rings (SSSR count). The molecule has 0 radical (unpaired) electrons. The zero-order chi connectivity index (χ0) is 70.1. The lowest BCUT2D eigenvalue weighted by atomic mass is 9.78. The van der Waals surface area contributed by atoms with Gasteiger partial charge in [-0.25, -0.2) is 0 Å². The Labute approximate surface area is 571 Å². The number of hydrogen-bond acceptors (Lipinski definition) is 8. The number of fused-ring (bicyclic) bond motifs is 2. The van der Waals surface area contributed by atoms with Gasteiger partial charge in [-0.05, 0) is 128 Å². The fraction of sp³-hybridized carbons (Fsp3) is 0.349.